The molecule has 1 aromatic rings. The number of amides is 1. The Bertz CT molecular complexity index is 550. The van der Waals surface area contributed by atoms with E-state index in [0.29, 0.717) is 30.2 Å². The van der Waals surface area contributed by atoms with Gasteiger partial charge in [0.05, 0.1) is 5.02 Å². The van der Waals surface area contributed by atoms with Crippen molar-refractivity contribution in [1.82, 2.24) is 9.80 Å². The van der Waals surface area contributed by atoms with Crippen LogP contribution in [-0.2, 0) is 4.79 Å². The summed E-state index contributed by atoms with van der Waals surface area (Å²) in [5, 5.41) is -0.0105. The lowest BCUT2D eigenvalue weighted by molar-refractivity contribution is -0.132. The highest BCUT2D eigenvalue weighted by atomic mass is 35.5. The number of hydrogen-bond donors (Lipinski definition) is 0. The Morgan fingerprint density at radius 1 is 1.43 bits per heavy atom. The van der Waals surface area contributed by atoms with Gasteiger partial charge >= 0.3 is 0 Å². The Morgan fingerprint density at radius 2 is 2.13 bits per heavy atom. The minimum atomic E-state index is -0.501. The first-order valence-corrected chi connectivity index (χ1v) is 8.19. The van der Waals surface area contributed by atoms with Gasteiger partial charge in [-0.2, -0.15) is 0 Å². The number of hydrogen-bond acceptors (Lipinski definition) is 3. The summed E-state index contributed by atoms with van der Waals surface area (Å²) in [6.45, 7) is 5.76. The molecule has 4 nitrogen and oxygen atoms in total. The van der Waals surface area contributed by atoms with Gasteiger partial charge in [-0.15, -0.1) is 0 Å². The summed E-state index contributed by atoms with van der Waals surface area (Å²) in [6, 6.07) is 4.44. The maximum absolute atomic E-state index is 13.1. The molecule has 0 aliphatic carbocycles. The van der Waals surface area contributed by atoms with E-state index in [0.717, 1.165) is 6.54 Å². The quantitative estimate of drug-likeness (QED) is 0.825. The molecule has 128 valence electrons. The van der Waals surface area contributed by atoms with Crippen LogP contribution in [0.1, 0.15) is 13.8 Å². The third-order valence-corrected chi connectivity index (χ3v) is 4.75. The van der Waals surface area contributed by atoms with Crippen molar-refractivity contribution in [3.05, 3.63) is 29.0 Å². The van der Waals surface area contributed by atoms with Gasteiger partial charge in [-0.3, -0.25) is 4.79 Å². The second kappa shape index (κ2) is 7.49. The third kappa shape index (κ3) is 4.36. The lowest BCUT2D eigenvalue weighted by Crippen LogP contribution is -2.38. The monoisotopic (exact) mass is 342 g/mol. The Kier molecular flexibility index (Phi) is 5.87. The van der Waals surface area contributed by atoms with Gasteiger partial charge in [-0.05, 0) is 38.1 Å². The molecule has 1 aliphatic rings. The van der Waals surface area contributed by atoms with Crippen LogP contribution >= 0.6 is 11.6 Å². The molecule has 0 saturated carbocycles. The number of carbonyl (C=O) groups is 1. The van der Waals surface area contributed by atoms with Crippen molar-refractivity contribution in [2.24, 2.45) is 11.8 Å². The first kappa shape index (κ1) is 18.0. The third-order valence-electron chi connectivity index (χ3n) is 4.46. The fraction of sp³-hybridized carbons (Fsp3) is 0.588. The molecule has 2 atom stereocenters. The lowest BCUT2D eigenvalue weighted by atomic mass is 9.91. The van der Waals surface area contributed by atoms with E-state index in [9.17, 15) is 9.18 Å². The molecule has 1 saturated heterocycles. The average Bonchev–Trinajstić information content (AvgIpc) is 2.94. The molecule has 1 aliphatic heterocycles. The Balaban J connectivity index is 1.94. The first-order chi connectivity index (χ1) is 10.8. The summed E-state index contributed by atoms with van der Waals surface area (Å²) < 4.78 is 18.6. The molecular weight excluding hydrogens is 319 g/mol. The summed E-state index contributed by atoms with van der Waals surface area (Å²) in [6.07, 6.45) is 0. The molecule has 0 spiro atoms. The highest BCUT2D eigenvalue weighted by molar-refractivity contribution is 6.30. The predicted molar refractivity (Wildman–Crippen MR) is 89.3 cm³/mol. The number of rotatable bonds is 5. The van der Waals surface area contributed by atoms with E-state index in [4.69, 9.17) is 16.3 Å². The van der Waals surface area contributed by atoms with E-state index in [1.165, 1.54) is 18.2 Å². The zero-order valence-electron chi connectivity index (χ0n) is 14.1. The van der Waals surface area contributed by atoms with Crippen molar-refractivity contribution in [2.45, 2.75) is 19.9 Å². The van der Waals surface area contributed by atoms with Crippen molar-refractivity contribution in [3.63, 3.8) is 0 Å². The molecule has 0 bridgehead atoms. The minimum Gasteiger partial charge on any atom is -0.484 e. The fourth-order valence-corrected chi connectivity index (χ4v) is 3.19. The molecule has 23 heavy (non-hydrogen) atoms. The summed E-state index contributed by atoms with van der Waals surface area (Å²) in [5.41, 5.74) is 0. The number of benzene rings is 1. The topological polar surface area (TPSA) is 32.8 Å². The number of ether oxygens (including phenoxy) is 1. The molecule has 1 fully saturated rings. The number of likely N-dealkylation sites (N-methyl/N-ethyl adjacent to an activating group) is 1. The van der Waals surface area contributed by atoms with Crippen LogP contribution in [0.4, 0.5) is 4.39 Å². The molecule has 2 unspecified atom stereocenters. The molecule has 0 N–H and O–H groups in total. The van der Waals surface area contributed by atoms with Gasteiger partial charge in [0.25, 0.3) is 5.91 Å². The molecule has 1 heterocycles. The second-order valence-electron chi connectivity index (χ2n) is 6.60. The SMILES string of the molecule is CC(C)C1CN(C(=O)COc2ccc(F)c(Cl)c2)CC1N(C)C. The average molecular weight is 343 g/mol. The molecule has 0 aromatic heterocycles. The Morgan fingerprint density at radius 3 is 2.65 bits per heavy atom. The van der Waals surface area contributed by atoms with E-state index in [-0.39, 0.29) is 17.5 Å². The molecular formula is C17H24ClFN2O2. The van der Waals surface area contributed by atoms with Crippen LogP contribution in [0, 0.1) is 17.7 Å². The van der Waals surface area contributed by atoms with Crippen LogP contribution in [0.2, 0.25) is 5.02 Å². The highest BCUT2D eigenvalue weighted by Crippen LogP contribution is 2.27. The van der Waals surface area contributed by atoms with E-state index in [1.54, 1.807) is 0 Å². The smallest absolute Gasteiger partial charge is 0.260 e. The molecule has 1 amide bonds. The maximum atomic E-state index is 13.1. The number of carbonyl (C=O) groups excluding carboxylic acids is 1. The zero-order chi connectivity index (χ0) is 17.1. The van der Waals surface area contributed by atoms with E-state index in [1.807, 2.05) is 19.0 Å². The zero-order valence-corrected chi connectivity index (χ0v) is 14.8. The van der Waals surface area contributed by atoms with E-state index in [2.05, 4.69) is 18.7 Å². The van der Waals surface area contributed by atoms with Crippen molar-refractivity contribution < 1.29 is 13.9 Å². The second-order valence-corrected chi connectivity index (χ2v) is 7.01. The van der Waals surface area contributed by atoms with Crippen LogP contribution in [0.3, 0.4) is 0 Å². The standard InChI is InChI=1S/C17H24ClFN2O2/c1-11(2)13-8-21(9-16(13)20(3)4)17(22)10-23-12-5-6-15(19)14(18)7-12/h5-7,11,13,16H,8-10H2,1-4H3. The van der Waals surface area contributed by atoms with Crippen LogP contribution in [0.15, 0.2) is 18.2 Å². The fourth-order valence-electron chi connectivity index (χ4n) is 3.02. The molecule has 6 heteroatoms. The normalized spacial score (nSPS) is 21.3. The summed E-state index contributed by atoms with van der Waals surface area (Å²) >= 11 is 5.71. The van der Waals surface area contributed by atoms with Gasteiger partial charge in [0, 0.05) is 25.2 Å². The number of halogens is 2. The minimum absolute atomic E-state index is 0.0105. The van der Waals surface area contributed by atoms with Crippen LogP contribution in [0.25, 0.3) is 0 Å². The van der Waals surface area contributed by atoms with Gasteiger partial charge in [-0.1, -0.05) is 25.4 Å². The summed E-state index contributed by atoms with van der Waals surface area (Å²) in [5.74, 6) is 0.804. The summed E-state index contributed by atoms with van der Waals surface area (Å²) in [4.78, 5) is 16.4. The van der Waals surface area contributed by atoms with Crippen molar-refractivity contribution in [1.29, 1.82) is 0 Å². The van der Waals surface area contributed by atoms with Crippen molar-refractivity contribution >= 4 is 17.5 Å². The highest BCUT2D eigenvalue weighted by Gasteiger charge is 2.37. The van der Waals surface area contributed by atoms with Gasteiger partial charge in [0.1, 0.15) is 11.6 Å². The van der Waals surface area contributed by atoms with Crippen molar-refractivity contribution in [2.75, 3.05) is 33.8 Å². The number of likely N-dealkylation sites (tertiary alicyclic amines) is 1. The van der Waals surface area contributed by atoms with E-state index >= 15 is 0 Å². The molecule has 1 aromatic carbocycles. The van der Waals surface area contributed by atoms with E-state index < -0.39 is 5.82 Å². The predicted octanol–water partition coefficient (Wildman–Crippen LogP) is 2.90. The van der Waals surface area contributed by atoms with Gasteiger partial charge in [0.2, 0.25) is 0 Å². The number of nitrogens with zero attached hydrogens (tertiary/aromatic N) is 2. The first-order valence-electron chi connectivity index (χ1n) is 7.81. The van der Waals surface area contributed by atoms with Gasteiger partial charge < -0.3 is 14.5 Å². The van der Waals surface area contributed by atoms with Crippen LogP contribution < -0.4 is 4.74 Å². The van der Waals surface area contributed by atoms with Gasteiger partial charge in [-0.25, -0.2) is 4.39 Å². The lowest BCUT2D eigenvalue weighted by Gasteiger charge is -2.27. The van der Waals surface area contributed by atoms with Crippen LogP contribution in [0.5, 0.6) is 5.75 Å². The Hall–Kier alpha value is -1.33. The van der Waals surface area contributed by atoms with Crippen LogP contribution in [-0.4, -0.2) is 55.5 Å². The van der Waals surface area contributed by atoms with Crippen molar-refractivity contribution in [3.8, 4) is 5.75 Å². The Labute approximate surface area is 142 Å². The summed E-state index contributed by atoms with van der Waals surface area (Å²) in [7, 11) is 4.09. The molecule has 0 radical (unpaired) electrons. The maximum Gasteiger partial charge on any atom is 0.260 e. The molecule has 2 rings (SSSR count). The largest absolute Gasteiger partial charge is 0.484 e. The van der Waals surface area contributed by atoms with Gasteiger partial charge in [0.15, 0.2) is 6.61 Å².